The summed E-state index contributed by atoms with van der Waals surface area (Å²) in [5, 5.41) is -4.62. The molecular formula is C15H14F2I2O8S. The fourth-order valence-corrected chi connectivity index (χ4v) is 3.81. The average Bonchev–Trinajstić information content (AvgIpc) is 2.56. The van der Waals surface area contributed by atoms with Gasteiger partial charge in [0.25, 0.3) is 0 Å². The molecule has 8 nitrogen and oxygen atoms in total. The van der Waals surface area contributed by atoms with Crippen LogP contribution < -0.4 is 4.74 Å². The second-order valence-corrected chi connectivity index (χ2v) is 9.09. The molecule has 0 amide bonds. The van der Waals surface area contributed by atoms with E-state index < -0.39 is 33.9 Å². The Balaban J connectivity index is 2.76. The lowest BCUT2D eigenvalue weighted by atomic mass is 10.2. The molecule has 1 aromatic rings. The first-order valence-electron chi connectivity index (χ1n) is 7.22. The predicted molar refractivity (Wildman–Crippen MR) is 110 cm³/mol. The van der Waals surface area contributed by atoms with Crippen LogP contribution in [0, 0.1) is 7.14 Å². The quantitative estimate of drug-likeness (QED) is 0.143. The van der Waals surface area contributed by atoms with Crippen molar-refractivity contribution in [2.45, 2.75) is 12.2 Å². The number of hydrogen-bond donors (Lipinski definition) is 1. The zero-order valence-corrected chi connectivity index (χ0v) is 19.3. The smallest absolute Gasteiger partial charge is 0.402 e. The number of carbonyl (C=O) groups is 2. The van der Waals surface area contributed by atoms with Crippen molar-refractivity contribution in [1.82, 2.24) is 0 Å². The third-order valence-corrected chi connectivity index (χ3v) is 5.37. The molecule has 1 aromatic carbocycles. The van der Waals surface area contributed by atoms with Gasteiger partial charge in [0.05, 0.1) is 12.7 Å². The summed E-state index contributed by atoms with van der Waals surface area (Å²) < 4.78 is 71.2. The lowest BCUT2D eigenvalue weighted by Crippen LogP contribution is -2.34. The van der Waals surface area contributed by atoms with Crippen LogP contribution in [0.5, 0.6) is 5.75 Å². The highest BCUT2D eigenvalue weighted by Gasteiger charge is 2.45. The fourth-order valence-electron chi connectivity index (χ4n) is 1.52. The van der Waals surface area contributed by atoms with E-state index in [9.17, 15) is 26.8 Å². The maximum Gasteiger partial charge on any atom is 0.402 e. The van der Waals surface area contributed by atoms with Crippen molar-refractivity contribution in [1.29, 1.82) is 0 Å². The third kappa shape index (κ3) is 7.07. The van der Waals surface area contributed by atoms with E-state index in [0.29, 0.717) is 12.9 Å². The molecule has 0 unspecified atom stereocenters. The number of ether oxygens (including phenoxy) is 3. The van der Waals surface area contributed by atoms with Gasteiger partial charge >= 0.3 is 27.3 Å². The van der Waals surface area contributed by atoms with Crippen molar-refractivity contribution in [3.8, 4) is 5.75 Å². The Morgan fingerprint density at radius 2 is 1.71 bits per heavy atom. The number of rotatable bonds is 9. The van der Waals surface area contributed by atoms with Crippen molar-refractivity contribution in [3.05, 3.63) is 37.0 Å². The molecule has 0 aliphatic carbocycles. The van der Waals surface area contributed by atoms with Crippen LogP contribution in [0.2, 0.25) is 0 Å². The Hall–Kier alpha value is -1.07. The lowest BCUT2D eigenvalue weighted by molar-refractivity contribution is -0.139. The van der Waals surface area contributed by atoms with E-state index in [0.717, 1.165) is 0 Å². The zero-order chi connectivity index (χ0) is 21.7. The van der Waals surface area contributed by atoms with Gasteiger partial charge in [-0.3, -0.25) is 4.55 Å². The maximum absolute atomic E-state index is 13.1. The minimum Gasteiger partial charge on any atom is -0.488 e. The van der Waals surface area contributed by atoms with Crippen LogP contribution in [0.3, 0.4) is 0 Å². The Labute approximate surface area is 186 Å². The molecule has 0 saturated carbocycles. The van der Waals surface area contributed by atoms with Gasteiger partial charge in [-0.15, -0.1) is 0 Å². The molecule has 1 rings (SSSR count). The van der Waals surface area contributed by atoms with Gasteiger partial charge in [0.1, 0.15) is 19.0 Å². The Morgan fingerprint density at radius 1 is 1.18 bits per heavy atom. The van der Waals surface area contributed by atoms with Gasteiger partial charge < -0.3 is 14.2 Å². The molecule has 0 heterocycles. The van der Waals surface area contributed by atoms with Crippen molar-refractivity contribution in [2.24, 2.45) is 0 Å². The van der Waals surface area contributed by atoms with Crippen LogP contribution in [0.25, 0.3) is 0 Å². The molecule has 0 atom stereocenters. The van der Waals surface area contributed by atoms with Crippen LogP contribution in [-0.4, -0.2) is 50.0 Å². The van der Waals surface area contributed by atoms with E-state index >= 15 is 0 Å². The molecule has 0 spiro atoms. The van der Waals surface area contributed by atoms with Crippen molar-refractivity contribution in [2.75, 3.05) is 19.8 Å². The summed E-state index contributed by atoms with van der Waals surface area (Å²) in [6.07, 6.45) is 0. The number of benzene rings is 1. The summed E-state index contributed by atoms with van der Waals surface area (Å²) in [7, 11) is -5.70. The minimum absolute atomic E-state index is 0.0232. The monoisotopic (exact) mass is 646 g/mol. The van der Waals surface area contributed by atoms with Gasteiger partial charge in [0.15, 0.2) is 6.61 Å². The maximum atomic E-state index is 13.1. The topological polar surface area (TPSA) is 116 Å². The second-order valence-electron chi connectivity index (χ2n) is 5.22. The highest BCUT2D eigenvalue weighted by molar-refractivity contribution is 14.1. The first-order chi connectivity index (χ1) is 12.8. The Kier molecular flexibility index (Phi) is 9.01. The first kappa shape index (κ1) is 25.0. The van der Waals surface area contributed by atoms with E-state index in [1.54, 1.807) is 0 Å². The first-order valence-corrected chi connectivity index (χ1v) is 10.8. The summed E-state index contributed by atoms with van der Waals surface area (Å²) in [5.41, 5.74) is 0.118. The van der Waals surface area contributed by atoms with E-state index in [-0.39, 0.29) is 24.4 Å². The van der Waals surface area contributed by atoms with Crippen molar-refractivity contribution < 1.29 is 45.6 Å². The molecule has 0 aliphatic rings. The van der Waals surface area contributed by atoms with Gasteiger partial charge in [0.2, 0.25) is 0 Å². The molecule has 0 radical (unpaired) electrons. The SMILES string of the molecule is C=C(C)C(=O)OCCOc1c(I)cc(C(=O)OCC(F)(F)S(=O)(=O)O)cc1I. The highest BCUT2D eigenvalue weighted by Crippen LogP contribution is 2.30. The van der Waals surface area contributed by atoms with E-state index in [2.05, 4.69) is 11.3 Å². The average molecular weight is 646 g/mol. The number of carbonyl (C=O) groups excluding carboxylic acids is 2. The lowest BCUT2D eigenvalue weighted by Gasteiger charge is -2.14. The largest absolute Gasteiger partial charge is 0.488 e. The number of hydrogen-bond acceptors (Lipinski definition) is 7. The van der Waals surface area contributed by atoms with Crippen molar-refractivity contribution in [3.63, 3.8) is 0 Å². The van der Waals surface area contributed by atoms with Crippen LogP contribution in [0.15, 0.2) is 24.3 Å². The van der Waals surface area contributed by atoms with Gasteiger partial charge in [-0.05, 0) is 64.2 Å². The molecule has 0 aromatic heterocycles. The molecule has 1 N–H and O–H groups in total. The molecule has 0 fully saturated rings. The molecular weight excluding hydrogens is 632 g/mol. The number of esters is 2. The molecule has 156 valence electrons. The van der Waals surface area contributed by atoms with Crippen LogP contribution in [0.4, 0.5) is 8.78 Å². The van der Waals surface area contributed by atoms with Gasteiger partial charge in [-0.1, -0.05) is 6.58 Å². The number of alkyl halides is 2. The molecule has 0 aliphatic heterocycles. The Morgan fingerprint density at radius 3 is 2.18 bits per heavy atom. The molecule has 13 heteroatoms. The second kappa shape index (κ2) is 10.1. The molecule has 0 saturated heterocycles. The van der Waals surface area contributed by atoms with Crippen molar-refractivity contribution >= 4 is 67.2 Å². The van der Waals surface area contributed by atoms with E-state index in [4.69, 9.17) is 14.0 Å². The predicted octanol–water partition coefficient (Wildman–Crippen LogP) is 3.03. The van der Waals surface area contributed by atoms with Crippen LogP contribution >= 0.6 is 45.2 Å². The summed E-state index contributed by atoms with van der Waals surface area (Å²) in [6.45, 7) is 3.09. The summed E-state index contributed by atoms with van der Waals surface area (Å²) in [4.78, 5) is 23.2. The third-order valence-electron chi connectivity index (χ3n) is 2.89. The summed E-state index contributed by atoms with van der Waals surface area (Å²) in [6, 6.07) is 2.57. The minimum atomic E-state index is -5.70. The Bertz CT molecular complexity index is 863. The standard InChI is InChI=1S/C15H14F2I2O8S/c1-8(2)13(20)26-4-3-25-12-10(18)5-9(6-11(12)19)14(21)27-7-15(16,17)28(22,23)24/h5-6H,1,3-4,7H2,2H3,(H,22,23,24). The summed E-state index contributed by atoms with van der Waals surface area (Å²) >= 11 is 3.67. The summed E-state index contributed by atoms with van der Waals surface area (Å²) in [5.74, 6) is -1.40. The van der Waals surface area contributed by atoms with Crippen LogP contribution in [-0.2, 0) is 24.4 Å². The van der Waals surface area contributed by atoms with Gasteiger partial charge in [-0.25, -0.2) is 9.59 Å². The number of halogens is 4. The normalized spacial score (nSPS) is 11.6. The van der Waals surface area contributed by atoms with Gasteiger partial charge in [0, 0.05) is 5.57 Å². The molecule has 28 heavy (non-hydrogen) atoms. The van der Waals surface area contributed by atoms with E-state index in [1.165, 1.54) is 19.1 Å². The van der Waals surface area contributed by atoms with E-state index in [1.807, 2.05) is 45.2 Å². The highest BCUT2D eigenvalue weighted by atomic mass is 127. The zero-order valence-electron chi connectivity index (χ0n) is 14.2. The van der Waals surface area contributed by atoms with Gasteiger partial charge in [-0.2, -0.15) is 17.2 Å². The molecule has 0 bridgehead atoms. The fraction of sp³-hybridized carbons (Fsp3) is 0.333. The van der Waals surface area contributed by atoms with Crippen LogP contribution in [0.1, 0.15) is 17.3 Å².